The number of hydrogen-bond donors (Lipinski definition) is 0. The molecule has 3 aromatic rings. The Hall–Kier alpha value is -1.79. The van der Waals surface area contributed by atoms with Gasteiger partial charge in [-0.15, -0.1) is 0 Å². The lowest BCUT2D eigenvalue weighted by Crippen LogP contribution is -2.41. The van der Waals surface area contributed by atoms with Gasteiger partial charge in [0.05, 0.1) is 22.4 Å². The van der Waals surface area contributed by atoms with Crippen molar-refractivity contribution in [2.24, 2.45) is 0 Å². The second-order valence-corrected chi connectivity index (χ2v) is 16.5. The average molecular weight is 644 g/mol. The maximum Gasteiger partial charge on any atom is 0.494 e. The van der Waals surface area contributed by atoms with E-state index in [1.165, 1.54) is 105 Å². The minimum absolute atomic E-state index is 0.370. The van der Waals surface area contributed by atoms with Crippen molar-refractivity contribution in [2.45, 2.75) is 181 Å². The topological polar surface area (TPSA) is 41.9 Å². The predicted octanol–water partition coefficient (Wildman–Crippen LogP) is 9.87. The number of aryl methyl sites for hydroxylation is 1. The molecular weight excluding hydrogens is 580 g/mol. The largest absolute Gasteiger partial charge is 0.494 e. The molecular formula is C40H63B2NO4. The van der Waals surface area contributed by atoms with E-state index in [4.69, 9.17) is 18.6 Å². The van der Waals surface area contributed by atoms with Crippen molar-refractivity contribution < 1.29 is 18.6 Å². The SMILES string of the molecule is CCCCCCCCCCCCCCCCn1c2cc(B3OC(C)(C)C(C)(C)O3)ccc2c2ccc(B3OC(C)(C)C(C)(C)O3)cc21. The minimum Gasteiger partial charge on any atom is -0.399 e. The number of aromatic nitrogens is 1. The molecule has 47 heavy (non-hydrogen) atoms. The Morgan fingerprint density at radius 2 is 0.787 bits per heavy atom. The molecule has 2 aliphatic heterocycles. The van der Waals surface area contributed by atoms with E-state index in [1.807, 2.05) is 0 Å². The lowest BCUT2D eigenvalue weighted by molar-refractivity contribution is 0.00578. The van der Waals surface area contributed by atoms with Gasteiger partial charge in [-0.1, -0.05) is 115 Å². The third-order valence-electron chi connectivity index (χ3n) is 11.7. The van der Waals surface area contributed by atoms with Crippen LogP contribution < -0.4 is 10.9 Å². The van der Waals surface area contributed by atoms with Crippen molar-refractivity contribution in [3.05, 3.63) is 36.4 Å². The molecule has 5 nitrogen and oxygen atoms in total. The first kappa shape index (κ1) is 36.5. The maximum atomic E-state index is 6.46. The number of fused-ring (bicyclic) bond motifs is 3. The van der Waals surface area contributed by atoms with Crippen LogP contribution in [0.5, 0.6) is 0 Å². The number of benzene rings is 2. The van der Waals surface area contributed by atoms with Gasteiger partial charge in [-0.25, -0.2) is 0 Å². The molecule has 1 aromatic heterocycles. The molecule has 0 atom stereocenters. The summed E-state index contributed by atoms with van der Waals surface area (Å²) in [5.41, 5.74) is 3.16. The highest BCUT2D eigenvalue weighted by Crippen LogP contribution is 2.39. The first-order chi connectivity index (χ1) is 22.3. The van der Waals surface area contributed by atoms with Crippen molar-refractivity contribution in [1.29, 1.82) is 0 Å². The quantitative estimate of drug-likeness (QED) is 0.109. The van der Waals surface area contributed by atoms with Crippen LogP contribution in [0.2, 0.25) is 0 Å². The first-order valence-corrected chi connectivity index (χ1v) is 19.0. The summed E-state index contributed by atoms with van der Waals surface area (Å²) in [6, 6.07) is 13.5. The second kappa shape index (κ2) is 15.0. The molecule has 3 heterocycles. The van der Waals surface area contributed by atoms with Crippen molar-refractivity contribution in [1.82, 2.24) is 4.57 Å². The van der Waals surface area contributed by atoms with Crippen LogP contribution in [0.4, 0.5) is 0 Å². The molecule has 0 aliphatic carbocycles. The van der Waals surface area contributed by atoms with Crippen LogP contribution in [0.1, 0.15) is 152 Å². The summed E-state index contributed by atoms with van der Waals surface area (Å²) < 4.78 is 28.4. The highest BCUT2D eigenvalue weighted by molar-refractivity contribution is 6.63. The highest BCUT2D eigenvalue weighted by atomic mass is 16.7. The number of unbranched alkanes of at least 4 members (excludes halogenated alkanes) is 13. The molecule has 7 heteroatoms. The number of nitrogens with zero attached hydrogens (tertiary/aromatic N) is 1. The van der Waals surface area contributed by atoms with Crippen molar-refractivity contribution in [3.8, 4) is 0 Å². The molecule has 5 rings (SSSR count). The molecule has 0 bridgehead atoms. The third kappa shape index (κ3) is 8.17. The van der Waals surface area contributed by atoms with Gasteiger partial charge in [0.15, 0.2) is 0 Å². The normalized spacial score (nSPS) is 19.9. The van der Waals surface area contributed by atoms with Gasteiger partial charge < -0.3 is 23.2 Å². The molecule has 2 aromatic carbocycles. The van der Waals surface area contributed by atoms with Gasteiger partial charge in [-0.05, 0) is 84.9 Å². The van der Waals surface area contributed by atoms with E-state index in [0.29, 0.717) is 0 Å². The molecule has 0 N–H and O–H groups in total. The maximum absolute atomic E-state index is 6.46. The van der Waals surface area contributed by atoms with Crippen LogP contribution in [0.25, 0.3) is 21.8 Å². The molecule has 258 valence electrons. The molecule has 0 spiro atoms. The van der Waals surface area contributed by atoms with Crippen LogP contribution >= 0.6 is 0 Å². The third-order valence-corrected chi connectivity index (χ3v) is 11.7. The summed E-state index contributed by atoms with van der Waals surface area (Å²) >= 11 is 0. The summed E-state index contributed by atoms with van der Waals surface area (Å²) in [7, 11) is -0.755. The fraction of sp³-hybridized carbons (Fsp3) is 0.700. The lowest BCUT2D eigenvalue weighted by Gasteiger charge is -2.32. The second-order valence-electron chi connectivity index (χ2n) is 16.5. The van der Waals surface area contributed by atoms with E-state index in [1.54, 1.807) is 0 Å². The van der Waals surface area contributed by atoms with Gasteiger partial charge in [-0.3, -0.25) is 0 Å². The fourth-order valence-corrected chi connectivity index (χ4v) is 7.09. The average Bonchev–Trinajstić information content (AvgIpc) is 3.53. The van der Waals surface area contributed by atoms with E-state index in [2.05, 4.69) is 103 Å². The molecule has 0 radical (unpaired) electrons. The highest BCUT2D eigenvalue weighted by Gasteiger charge is 2.53. The number of hydrogen-bond acceptors (Lipinski definition) is 4. The van der Waals surface area contributed by atoms with Crippen molar-refractivity contribution in [2.75, 3.05) is 0 Å². The summed E-state index contributed by atoms with van der Waals surface area (Å²) in [4.78, 5) is 0. The predicted molar refractivity (Wildman–Crippen MR) is 201 cm³/mol. The van der Waals surface area contributed by atoms with Gasteiger partial charge >= 0.3 is 14.2 Å². The Morgan fingerprint density at radius 3 is 1.13 bits per heavy atom. The molecule has 0 unspecified atom stereocenters. The van der Waals surface area contributed by atoms with Gasteiger partial charge in [0, 0.05) is 28.4 Å². The Balaban J connectivity index is 1.27. The standard InChI is InChI=1S/C40H63B2NO4/c1-10-11-12-13-14-15-16-17-18-19-20-21-22-23-28-43-35-29-31(41-44-37(2,3)38(4,5)45-41)24-26-33(35)34-27-25-32(30-36(34)43)42-46-39(6,7)40(8,9)47-42/h24-27,29-30H,10-23,28H2,1-9H3. The van der Waals surface area contributed by atoms with E-state index >= 15 is 0 Å². The first-order valence-electron chi connectivity index (χ1n) is 19.0. The summed E-state index contributed by atoms with van der Waals surface area (Å²) in [5.74, 6) is 0. The van der Waals surface area contributed by atoms with Crippen LogP contribution in [-0.2, 0) is 25.2 Å². The fourth-order valence-electron chi connectivity index (χ4n) is 7.09. The number of rotatable bonds is 17. The minimum atomic E-state index is -0.378. The van der Waals surface area contributed by atoms with Crippen LogP contribution in [0.3, 0.4) is 0 Å². The summed E-state index contributed by atoms with van der Waals surface area (Å²) in [5, 5.41) is 2.54. The summed E-state index contributed by atoms with van der Waals surface area (Å²) in [6.07, 6.45) is 19.1. The van der Waals surface area contributed by atoms with Gasteiger partial charge in [0.25, 0.3) is 0 Å². The molecule has 0 amide bonds. The lowest BCUT2D eigenvalue weighted by atomic mass is 9.78. The molecule has 2 fully saturated rings. The van der Waals surface area contributed by atoms with Crippen molar-refractivity contribution in [3.63, 3.8) is 0 Å². The zero-order valence-electron chi connectivity index (χ0n) is 31.3. The zero-order chi connectivity index (χ0) is 33.9. The molecule has 0 saturated carbocycles. The smallest absolute Gasteiger partial charge is 0.399 e. The molecule has 2 aliphatic rings. The Bertz CT molecular complexity index is 1350. The van der Waals surface area contributed by atoms with Crippen LogP contribution in [0, 0.1) is 0 Å². The van der Waals surface area contributed by atoms with E-state index in [0.717, 1.165) is 23.9 Å². The van der Waals surface area contributed by atoms with Crippen molar-refractivity contribution >= 4 is 47.0 Å². The Kier molecular flexibility index (Phi) is 11.6. The Morgan fingerprint density at radius 1 is 0.468 bits per heavy atom. The zero-order valence-corrected chi connectivity index (χ0v) is 31.3. The monoisotopic (exact) mass is 643 g/mol. The van der Waals surface area contributed by atoms with Gasteiger partial charge in [-0.2, -0.15) is 0 Å². The van der Waals surface area contributed by atoms with E-state index in [9.17, 15) is 0 Å². The van der Waals surface area contributed by atoms with E-state index < -0.39 is 0 Å². The molecule has 2 saturated heterocycles. The van der Waals surface area contributed by atoms with Gasteiger partial charge in [0.2, 0.25) is 0 Å². The van der Waals surface area contributed by atoms with Crippen LogP contribution in [-0.4, -0.2) is 41.2 Å². The Labute approximate surface area is 287 Å². The van der Waals surface area contributed by atoms with Crippen LogP contribution in [0.15, 0.2) is 36.4 Å². The summed E-state index contributed by atoms with van der Waals surface area (Å²) in [6.45, 7) is 20.2. The van der Waals surface area contributed by atoms with Gasteiger partial charge in [0.1, 0.15) is 0 Å². The van der Waals surface area contributed by atoms with E-state index in [-0.39, 0.29) is 36.6 Å².